The van der Waals surface area contributed by atoms with Crippen LogP contribution in [0.2, 0.25) is 5.02 Å². The average molecular weight is 473 g/mol. The molecule has 2 N–H and O–H groups in total. The van der Waals surface area contributed by atoms with Crippen molar-refractivity contribution in [2.45, 2.75) is 38.0 Å². The molecule has 0 spiro atoms. The monoisotopic (exact) mass is 472 g/mol. The van der Waals surface area contributed by atoms with E-state index in [4.69, 9.17) is 16.3 Å². The van der Waals surface area contributed by atoms with Gasteiger partial charge in [-0.15, -0.1) is 0 Å². The van der Waals surface area contributed by atoms with Gasteiger partial charge in [0.15, 0.2) is 0 Å². The van der Waals surface area contributed by atoms with Gasteiger partial charge in [-0.25, -0.2) is 4.39 Å². The van der Waals surface area contributed by atoms with E-state index in [0.717, 1.165) is 12.1 Å². The van der Waals surface area contributed by atoms with Gasteiger partial charge in [-0.05, 0) is 48.7 Å². The van der Waals surface area contributed by atoms with Crippen LogP contribution in [0.4, 0.5) is 23.2 Å². The lowest BCUT2D eigenvalue weighted by atomic mass is 9.89. The lowest BCUT2D eigenvalue weighted by Gasteiger charge is -2.29. The molecule has 2 aromatic carbocycles. The Balaban J connectivity index is 1.67. The summed E-state index contributed by atoms with van der Waals surface area (Å²) in [5.41, 5.74) is -0.414. The van der Waals surface area contributed by atoms with Gasteiger partial charge in [-0.2, -0.15) is 13.2 Å². The Labute approximate surface area is 187 Å². The van der Waals surface area contributed by atoms with Gasteiger partial charge in [-0.3, -0.25) is 9.59 Å². The molecule has 1 aliphatic heterocycles. The van der Waals surface area contributed by atoms with Crippen LogP contribution >= 0.6 is 11.6 Å². The Morgan fingerprint density at radius 1 is 1.25 bits per heavy atom. The van der Waals surface area contributed by atoms with Gasteiger partial charge >= 0.3 is 6.18 Å². The third-order valence-corrected chi connectivity index (χ3v) is 5.47. The number of hydrogen-bond acceptors (Lipinski definition) is 3. The number of anilines is 1. The van der Waals surface area contributed by atoms with Crippen LogP contribution in [-0.4, -0.2) is 31.1 Å². The lowest BCUT2D eigenvalue weighted by molar-refractivity contribution is -0.137. The average Bonchev–Trinajstić information content (AvgIpc) is 2.72. The predicted octanol–water partition coefficient (Wildman–Crippen LogP) is 4.69. The second-order valence-corrected chi connectivity index (χ2v) is 7.80. The molecule has 2 unspecified atom stereocenters. The van der Waals surface area contributed by atoms with Crippen LogP contribution in [0.3, 0.4) is 0 Å². The predicted molar refractivity (Wildman–Crippen MR) is 111 cm³/mol. The fraction of sp³-hybridized carbons (Fsp3) is 0.364. The first-order valence-electron chi connectivity index (χ1n) is 9.92. The fourth-order valence-electron chi connectivity index (χ4n) is 3.54. The number of alkyl halides is 3. The molecular weight excluding hydrogens is 452 g/mol. The van der Waals surface area contributed by atoms with Crippen molar-refractivity contribution >= 4 is 29.1 Å². The van der Waals surface area contributed by atoms with Crippen molar-refractivity contribution in [2.24, 2.45) is 0 Å². The summed E-state index contributed by atoms with van der Waals surface area (Å²) in [7, 11) is 0. The molecule has 172 valence electrons. The van der Waals surface area contributed by atoms with Crippen LogP contribution in [0.5, 0.6) is 0 Å². The third kappa shape index (κ3) is 5.77. The second kappa shape index (κ2) is 9.87. The maximum absolute atomic E-state index is 14.6. The minimum absolute atomic E-state index is 0.0938. The standard InChI is InChI=1S/C22H21ClF4N2O3/c1-2-32-19-8-14(11-28-21(19)31)12-3-4-13(18(24)7-12)9-20(30)29-15-5-6-17(23)16(10-15)22(25,26)27/h3-7,10,14,19H,2,8-9,11H2,1H3,(H,28,31)(H,29,30). The first-order chi connectivity index (χ1) is 15.1. The molecule has 1 saturated heterocycles. The SMILES string of the molecule is CCOC1CC(c2ccc(CC(=O)Nc3ccc(Cl)c(C(F)(F)F)c3)c(F)c2)CNC1=O. The molecule has 2 atom stereocenters. The molecule has 1 heterocycles. The summed E-state index contributed by atoms with van der Waals surface area (Å²) in [5.74, 6) is -1.63. The minimum atomic E-state index is -4.67. The van der Waals surface area contributed by atoms with Crippen LogP contribution in [0.15, 0.2) is 36.4 Å². The summed E-state index contributed by atoms with van der Waals surface area (Å²) in [5, 5.41) is 4.59. The van der Waals surface area contributed by atoms with E-state index in [1.54, 1.807) is 13.0 Å². The van der Waals surface area contributed by atoms with Crippen molar-refractivity contribution in [2.75, 3.05) is 18.5 Å². The Morgan fingerprint density at radius 3 is 2.66 bits per heavy atom. The van der Waals surface area contributed by atoms with Gasteiger partial charge in [0.25, 0.3) is 0 Å². The van der Waals surface area contributed by atoms with Gasteiger partial charge < -0.3 is 15.4 Å². The number of piperidine rings is 1. The van der Waals surface area contributed by atoms with Crippen molar-refractivity contribution in [3.05, 3.63) is 63.9 Å². The van der Waals surface area contributed by atoms with Gasteiger partial charge in [0.05, 0.1) is 17.0 Å². The topological polar surface area (TPSA) is 67.4 Å². The molecule has 0 saturated carbocycles. The van der Waals surface area contributed by atoms with Gasteiger partial charge in [-0.1, -0.05) is 23.7 Å². The molecule has 32 heavy (non-hydrogen) atoms. The number of nitrogens with one attached hydrogen (secondary N) is 2. The number of hydrogen-bond donors (Lipinski definition) is 2. The number of carbonyl (C=O) groups excluding carboxylic acids is 2. The summed E-state index contributed by atoms with van der Waals surface area (Å²) in [6.07, 6.45) is -5.22. The highest BCUT2D eigenvalue weighted by Gasteiger charge is 2.33. The molecular formula is C22H21ClF4N2O3. The van der Waals surface area contributed by atoms with Crippen LogP contribution in [0.1, 0.15) is 36.0 Å². The third-order valence-electron chi connectivity index (χ3n) is 5.14. The minimum Gasteiger partial charge on any atom is -0.369 e. The van der Waals surface area contributed by atoms with E-state index in [2.05, 4.69) is 10.6 Å². The largest absolute Gasteiger partial charge is 0.417 e. The zero-order valence-electron chi connectivity index (χ0n) is 17.1. The molecule has 10 heteroatoms. The summed E-state index contributed by atoms with van der Waals surface area (Å²) >= 11 is 5.57. The van der Waals surface area contributed by atoms with Gasteiger partial charge in [0, 0.05) is 24.8 Å². The number of rotatable bonds is 6. The Hall–Kier alpha value is -2.65. The Bertz CT molecular complexity index is 1010. The van der Waals surface area contributed by atoms with E-state index < -0.39 is 34.6 Å². The maximum Gasteiger partial charge on any atom is 0.417 e. The molecule has 0 radical (unpaired) electrons. The van der Waals surface area contributed by atoms with E-state index in [0.29, 0.717) is 25.1 Å². The van der Waals surface area contributed by atoms with Crippen molar-refractivity contribution in [3.63, 3.8) is 0 Å². The van der Waals surface area contributed by atoms with Gasteiger partial charge in [0.2, 0.25) is 11.8 Å². The second-order valence-electron chi connectivity index (χ2n) is 7.39. The summed E-state index contributed by atoms with van der Waals surface area (Å²) in [6, 6.07) is 7.43. The molecule has 0 aliphatic carbocycles. The van der Waals surface area contributed by atoms with E-state index in [1.165, 1.54) is 18.2 Å². The number of halogens is 5. The lowest BCUT2D eigenvalue weighted by Crippen LogP contribution is -2.45. The van der Waals surface area contributed by atoms with Crippen molar-refractivity contribution < 1.29 is 31.9 Å². The quantitative estimate of drug-likeness (QED) is 0.599. The van der Waals surface area contributed by atoms with Crippen LogP contribution in [0.25, 0.3) is 0 Å². The first kappa shape index (κ1) is 24.0. The highest BCUT2D eigenvalue weighted by atomic mass is 35.5. The highest BCUT2D eigenvalue weighted by Crippen LogP contribution is 2.36. The molecule has 0 bridgehead atoms. The van der Waals surface area contributed by atoms with Crippen molar-refractivity contribution in [1.29, 1.82) is 0 Å². The van der Waals surface area contributed by atoms with Crippen LogP contribution in [-0.2, 0) is 26.9 Å². The van der Waals surface area contributed by atoms with Crippen LogP contribution in [0, 0.1) is 5.82 Å². The molecule has 1 fully saturated rings. The van der Waals surface area contributed by atoms with E-state index >= 15 is 0 Å². The first-order valence-corrected chi connectivity index (χ1v) is 10.3. The zero-order valence-corrected chi connectivity index (χ0v) is 17.8. The molecule has 2 amide bonds. The van der Waals surface area contributed by atoms with Crippen LogP contribution < -0.4 is 10.6 Å². The van der Waals surface area contributed by atoms with Crippen molar-refractivity contribution in [3.8, 4) is 0 Å². The molecule has 2 aromatic rings. The normalized spacial score (nSPS) is 18.9. The summed E-state index contributed by atoms with van der Waals surface area (Å²) in [6.45, 7) is 2.51. The molecule has 5 nitrogen and oxygen atoms in total. The smallest absolute Gasteiger partial charge is 0.369 e. The Kier molecular flexibility index (Phi) is 7.40. The van der Waals surface area contributed by atoms with E-state index in [1.807, 2.05) is 0 Å². The highest BCUT2D eigenvalue weighted by molar-refractivity contribution is 6.31. The van der Waals surface area contributed by atoms with E-state index in [-0.39, 0.29) is 29.5 Å². The zero-order chi connectivity index (χ0) is 23.5. The summed E-state index contributed by atoms with van der Waals surface area (Å²) in [4.78, 5) is 24.1. The number of benzene rings is 2. The number of carbonyl (C=O) groups is 2. The molecule has 1 aliphatic rings. The van der Waals surface area contributed by atoms with Crippen molar-refractivity contribution in [1.82, 2.24) is 5.32 Å². The Morgan fingerprint density at radius 2 is 2.00 bits per heavy atom. The molecule has 3 rings (SSSR count). The van der Waals surface area contributed by atoms with Gasteiger partial charge in [0.1, 0.15) is 11.9 Å². The number of amides is 2. The number of ether oxygens (including phenoxy) is 1. The molecule has 0 aromatic heterocycles. The fourth-order valence-corrected chi connectivity index (χ4v) is 3.77. The summed E-state index contributed by atoms with van der Waals surface area (Å²) < 4.78 is 58.9. The maximum atomic E-state index is 14.6. The van der Waals surface area contributed by atoms with E-state index in [9.17, 15) is 27.2 Å².